The zero-order chi connectivity index (χ0) is 15.4. The number of hydrogen-bond donors (Lipinski definition) is 0. The van der Waals surface area contributed by atoms with Gasteiger partial charge in [0, 0.05) is 12.1 Å². The van der Waals surface area contributed by atoms with E-state index < -0.39 is 0 Å². The Morgan fingerprint density at radius 3 is 2.23 bits per heavy atom. The normalized spacial score (nSPS) is 10.3. The van der Waals surface area contributed by atoms with Crippen molar-refractivity contribution in [2.24, 2.45) is 0 Å². The zero-order valence-corrected chi connectivity index (χ0v) is 12.9. The first-order chi connectivity index (χ1) is 10.7. The fourth-order valence-corrected chi connectivity index (χ4v) is 2.22. The number of halogens is 2. The van der Waals surface area contributed by atoms with E-state index in [1.54, 1.807) is 36.4 Å². The largest absolute Gasteiger partial charge is 0.456 e. The molecule has 22 heavy (non-hydrogen) atoms. The van der Waals surface area contributed by atoms with Crippen LogP contribution in [0.1, 0.15) is 0 Å². The average molecular weight is 330 g/mol. The Kier molecular flexibility index (Phi) is 4.52. The Balaban J connectivity index is 1.79. The maximum atomic E-state index is 6.23. The molecule has 4 heteroatoms. The molecule has 0 aromatic heterocycles. The number of benzene rings is 3. The van der Waals surface area contributed by atoms with Gasteiger partial charge in [-0.1, -0.05) is 53.5 Å². The Hall–Kier alpha value is -2.16. The van der Waals surface area contributed by atoms with Gasteiger partial charge in [0.1, 0.15) is 23.0 Å². The van der Waals surface area contributed by atoms with Crippen molar-refractivity contribution in [2.75, 3.05) is 0 Å². The molecule has 0 heterocycles. The minimum Gasteiger partial charge on any atom is -0.456 e. The molecule has 3 aromatic rings. The number of hydrogen-bond acceptors (Lipinski definition) is 2. The SMILES string of the molecule is Clc1cc(Oc2ccccc2Cl)ccc1Oc1[c]cccc1. The highest BCUT2D eigenvalue weighted by Crippen LogP contribution is 2.35. The highest BCUT2D eigenvalue weighted by atomic mass is 35.5. The van der Waals surface area contributed by atoms with Crippen molar-refractivity contribution in [3.05, 3.63) is 82.8 Å². The van der Waals surface area contributed by atoms with E-state index in [0.29, 0.717) is 33.0 Å². The summed E-state index contributed by atoms with van der Waals surface area (Å²) in [6, 6.07) is 22.8. The van der Waals surface area contributed by atoms with Gasteiger partial charge in [0.15, 0.2) is 0 Å². The van der Waals surface area contributed by atoms with Gasteiger partial charge >= 0.3 is 0 Å². The second-order valence-electron chi connectivity index (χ2n) is 4.45. The number of ether oxygens (including phenoxy) is 2. The molecule has 0 bridgehead atoms. The third-order valence-corrected chi connectivity index (χ3v) is 3.48. The van der Waals surface area contributed by atoms with E-state index in [0.717, 1.165) is 0 Å². The molecule has 0 aliphatic rings. The maximum absolute atomic E-state index is 6.23. The van der Waals surface area contributed by atoms with Gasteiger partial charge in [0.2, 0.25) is 0 Å². The average Bonchev–Trinajstić information content (AvgIpc) is 2.53. The third-order valence-electron chi connectivity index (χ3n) is 2.87. The molecule has 0 unspecified atom stereocenters. The van der Waals surface area contributed by atoms with E-state index in [1.807, 2.05) is 30.3 Å². The first kappa shape index (κ1) is 14.8. The van der Waals surface area contributed by atoms with Crippen molar-refractivity contribution in [1.29, 1.82) is 0 Å². The molecule has 1 radical (unpaired) electrons. The van der Waals surface area contributed by atoms with Crippen LogP contribution in [-0.2, 0) is 0 Å². The van der Waals surface area contributed by atoms with Crippen molar-refractivity contribution in [1.82, 2.24) is 0 Å². The van der Waals surface area contributed by atoms with Crippen LogP contribution in [0.3, 0.4) is 0 Å². The summed E-state index contributed by atoms with van der Waals surface area (Å²) in [5.41, 5.74) is 0. The first-order valence-corrected chi connectivity index (χ1v) is 7.34. The van der Waals surface area contributed by atoms with Crippen molar-refractivity contribution in [3.63, 3.8) is 0 Å². The molecule has 109 valence electrons. The second kappa shape index (κ2) is 6.73. The van der Waals surface area contributed by atoms with Gasteiger partial charge in [-0.2, -0.15) is 0 Å². The Morgan fingerprint density at radius 2 is 1.50 bits per heavy atom. The summed E-state index contributed by atoms with van der Waals surface area (Å²) >= 11 is 12.3. The summed E-state index contributed by atoms with van der Waals surface area (Å²) in [5, 5.41) is 0.986. The maximum Gasteiger partial charge on any atom is 0.146 e. The van der Waals surface area contributed by atoms with Gasteiger partial charge in [0.05, 0.1) is 10.0 Å². The van der Waals surface area contributed by atoms with Crippen LogP contribution < -0.4 is 9.47 Å². The molecule has 3 aromatic carbocycles. The predicted molar refractivity (Wildman–Crippen MR) is 88.3 cm³/mol. The summed E-state index contributed by atoms with van der Waals surface area (Å²) in [7, 11) is 0. The van der Waals surface area contributed by atoms with Crippen LogP contribution in [0, 0.1) is 6.07 Å². The fourth-order valence-electron chi connectivity index (χ4n) is 1.84. The number of rotatable bonds is 4. The van der Waals surface area contributed by atoms with Crippen LogP contribution in [0.2, 0.25) is 10.0 Å². The summed E-state index contributed by atoms with van der Waals surface area (Å²) in [4.78, 5) is 0. The van der Waals surface area contributed by atoms with E-state index in [1.165, 1.54) is 0 Å². The van der Waals surface area contributed by atoms with E-state index in [9.17, 15) is 0 Å². The van der Waals surface area contributed by atoms with Crippen LogP contribution in [0.4, 0.5) is 0 Å². The van der Waals surface area contributed by atoms with Crippen molar-refractivity contribution in [3.8, 4) is 23.0 Å². The molecule has 0 amide bonds. The first-order valence-electron chi connectivity index (χ1n) is 6.59. The lowest BCUT2D eigenvalue weighted by molar-refractivity contribution is 0.469. The summed E-state index contributed by atoms with van der Waals surface area (Å²) in [6.07, 6.45) is 0. The molecule has 0 aliphatic carbocycles. The standard InChI is InChI=1S/C18H11Cl2O2/c19-15-8-4-5-9-17(15)22-14-10-11-18(16(20)12-14)21-13-6-2-1-3-7-13/h1-6,8-12H. The Labute approximate surface area is 138 Å². The lowest BCUT2D eigenvalue weighted by atomic mass is 10.3. The van der Waals surface area contributed by atoms with Gasteiger partial charge < -0.3 is 9.47 Å². The lowest BCUT2D eigenvalue weighted by Crippen LogP contribution is -1.88. The van der Waals surface area contributed by atoms with Gasteiger partial charge in [-0.25, -0.2) is 0 Å². The van der Waals surface area contributed by atoms with Crippen LogP contribution >= 0.6 is 23.2 Å². The van der Waals surface area contributed by atoms with E-state index in [4.69, 9.17) is 32.7 Å². The molecule has 0 aliphatic heterocycles. The molecular weight excluding hydrogens is 319 g/mol. The molecule has 0 saturated heterocycles. The van der Waals surface area contributed by atoms with Crippen molar-refractivity contribution < 1.29 is 9.47 Å². The molecule has 0 fully saturated rings. The fraction of sp³-hybridized carbons (Fsp3) is 0. The van der Waals surface area contributed by atoms with Crippen LogP contribution in [-0.4, -0.2) is 0 Å². The highest BCUT2D eigenvalue weighted by Gasteiger charge is 2.07. The predicted octanol–water partition coefficient (Wildman–Crippen LogP) is 6.38. The molecular formula is C18H11Cl2O2. The van der Waals surface area contributed by atoms with Crippen molar-refractivity contribution in [2.45, 2.75) is 0 Å². The van der Waals surface area contributed by atoms with E-state index in [-0.39, 0.29) is 0 Å². The van der Waals surface area contributed by atoms with Gasteiger partial charge in [-0.15, -0.1) is 0 Å². The lowest BCUT2D eigenvalue weighted by Gasteiger charge is -2.10. The smallest absolute Gasteiger partial charge is 0.146 e. The van der Waals surface area contributed by atoms with Crippen molar-refractivity contribution >= 4 is 23.2 Å². The molecule has 0 spiro atoms. The van der Waals surface area contributed by atoms with Gasteiger partial charge in [-0.05, 0) is 30.3 Å². The topological polar surface area (TPSA) is 18.5 Å². The van der Waals surface area contributed by atoms with Gasteiger partial charge in [0.25, 0.3) is 0 Å². The van der Waals surface area contributed by atoms with E-state index in [2.05, 4.69) is 6.07 Å². The minimum absolute atomic E-state index is 0.446. The van der Waals surface area contributed by atoms with Gasteiger partial charge in [-0.3, -0.25) is 0 Å². The summed E-state index contributed by atoms with van der Waals surface area (Å²) in [6.45, 7) is 0. The second-order valence-corrected chi connectivity index (χ2v) is 5.27. The summed E-state index contributed by atoms with van der Waals surface area (Å²) < 4.78 is 11.4. The van der Waals surface area contributed by atoms with Crippen LogP contribution in [0.5, 0.6) is 23.0 Å². The quantitative estimate of drug-likeness (QED) is 0.553. The Morgan fingerprint density at radius 1 is 0.727 bits per heavy atom. The molecule has 2 nitrogen and oxygen atoms in total. The monoisotopic (exact) mass is 329 g/mol. The zero-order valence-electron chi connectivity index (χ0n) is 11.4. The summed E-state index contributed by atoms with van der Waals surface area (Å²) in [5.74, 6) is 2.30. The van der Waals surface area contributed by atoms with E-state index >= 15 is 0 Å². The molecule has 0 saturated carbocycles. The highest BCUT2D eigenvalue weighted by molar-refractivity contribution is 6.32. The minimum atomic E-state index is 0.446. The number of para-hydroxylation sites is 2. The Bertz CT molecular complexity index is 773. The van der Waals surface area contributed by atoms with Crippen LogP contribution in [0.15, 0.2) is 66.7 Å². The molecule has 0 N–H and O–H groups in total. The molecule has 3 rings (SSSR count). The third kappa shape index (κ3) is 3.53. The van der Waals surface area contributed by atoms with Crippen LogP contribution in [0.25, 0.3) is 0 Å². The molecule has 0 atom stereocenters.